The Morgan fingerprint density at radius 1 is 1.35 bits per heavy atom. The smallest absolute Gasteiger partial charge is 0.0330 e. The summed E-state index contributed by atoms with van der Waals surface area (Å²) in [5.41, 5.74) is 1.46. The third-order valence-corrected chi connectivity index (χ3v) is 5.44. The summed E-state index contributed by atoms with van der Waals surface area (Å²) in [7, 11) is 2.30. The molecule has 2 bridgehead atoms. The lowest BCUT2D eigenvalue weighted by molar-refractivity contribution is 0.167. The third-order valence-electron chi connectivity index (χ3n) is 4.43. The van der Waals surface area contributed by atoms with Crippen molar-refractivity contribution >= 4 is 11.3 Å². The number of piperidine rings is 1. The molecule has 3 rings (SSSR count). The minimum atomic E-state index is 0.787. The average Bonchev–Trinajstić information content (AvgIpc) is 2.86. The van der Waals surface area contributed by atoms with Crippen molar-refractivity contribution in [1.29, 1.82) is 0 Å². The van der Waals surface area contributed by atoms with Gasteiger partial charge < -0.3 is 5.32 Å². The van der Waals surface area contributed by atoms with Gasteiger partial charge in [-0.25, -0.2) is 0 Å². The summed E-state index contributed by atoms with van der Waals surface area (Å²) in [6.07, 6.45) is 5.48. The highest BCUT2D eigenvalue weighted by molar-refractivity contribution is 7.10. The Bertz CT molecular complexity index is 375. The van der Waals surface area contributed by atoms with Crippen molar-refractivity contribution in [3.8, 4) is 0 Å². The highest BCUT2D eigenvalue weighted by Gasteiger charge is 2.35. The van der Waals surface area contributed by atoms with E-state index in [4.69, 9.17) is 0 Å². The first kappa shape index (κ1) is 11.7. The molecule has 1 aromatic heterocycles. The zero-order valence-electron chi connectivity index (χ0n) is 10.8. The van der Waals surface area contributed by atoms with Gasteiger partial charge in [-0.15, -0.1) is 11.3 Å². The van der Waals surface area contributed by atoms with E-state index in [9.17, 15) is 0 Å². The van der Waals surface area contributed by atoms with E-state index in [1.54, 1.807) is 4.88 Å². The third kappa shape index (κ3) is 2.42. The second kappa shape index (κ2) is 4.71. The average molecular weight is 250 g/mol. The van der Waals surface area contributed by atoms with Crippen molar-refractivity contribution in [2.75, 3.05) is 7.05 Å². The Hall–Kier alpha value is -0.380. The zero-order valence-corrected chi connectivity index (χ0v) is 11.6. The lowest BCUT2D eigenvalue weighted by atomic mass is 9.98. The van der Waals surface area contributed by atoms with E-state index < -0.39 is 0 Å². The maximum absolute atomic E-state index is 3.72. The van der Waals surface area contributed by atoms with Crippen LogP contribution in [0.3, 0.4) is 0 Å². The van der Waals surface area contributed by atoms with Crippen molar-refractivity contribution < 1.29 is 0 Å². The minimum absolute atomic E-state index is 0.787. The molecule has 2 unspecified atom stereocenters. The van der Waals surface area contributed by atoms with Crippen LogP contribution < -0.4 is 5.32 Å². The molecule has 0 radical (unpaired) electrons. The van der Waals surface area contributed by atoms with Crippen LogP contribution in [0.25, 0.3) is 0 Å². The van der Waals surface area contributed by atoms with E-state index in [-0.39, 0.29) is 0 Å². The molecule has 0 aliphatic carbocycles. The lowest BCUT2D eigenvalue weighted by Crippen LogP contribution is -2.46. The molecule has 1 N–H and O–H groups in total. The Morgan fingerprint density at radius 3 is 2.65 bits per heavy atom. The van der Waals surface area contributed by atoms with E-state index in [0.717, 1.165) is 24.7 Å². The van der Waals surface area contributed by atoms with Crippen LogP contribution in [0.5, 0.6) is 0 Å². The quantitative estimate of drug-likeness (QED) is 0.887. The molecule has 2 nitrogen and oxygen atoms in total. The minimum Gasteiger partial charge on any atom is -0.311 e. The highest BCUT2D eigenvalue weighted by Crippen LogP contribution is 2.30. The molecule has 1 aromatic rings. The molecule has 2 atom stereocenters. The largest absolute Gasteiger partial charge is 0.311 e. The first-order valence-electron chi connectivity index (χ1n) is 6.71. The molecule has 94 valence electrons. The second-order valence-corrected chi connectivity index (χ2v) is 6.71. The van der Waals surface area contributed by atoms with E-state index >= 15 is 0 Å². The van der Waals surface area contributed by atoms with Crippen LogP contribution in [0.1, 0.15) is 36.1 Å². The van der Waals surface area contributed by atoms with Crippen LogP contribution in [-0.2, 0) is 6.54 Å². The van der Waals surface area contributed by atoms with E-state index in [2.05, 4.69) is 35.6 Å². The Morgan fingerprint density at radius 2 is 2.06 bits per heavy atom. The topological polar surface area (TPSA) is 15.3 Å². The molecule has 0 amide bonds. The number of hydrogen-bond acceptors (Lipinski definition) is 3. The van der Waals surface area contributed by atoms with Gasteiger partial charge in [0, 0.05) is 29.5 Å². The standard InChI is InChI=1S/C14H22N2S/c1-10-5-6-17-14(10)9-16(2)13-7-11-3-4-12(8-13)15-11/h5-6,11-13,15H,3-4,7-9H2,1-2H3. The van der Waals surface area contributed by atoms with Gasteiger partial charge in [0.1, 0.15) is 0 Å². The number of thiophene rings is 1. The van der Waals surface area contributed by atoms with Crippen molar-refractivity contribution in [1.82, 2.24) is 10.2 Å². The second-order valence-electron chi connectivity index (χ2n) is 5.70. The van der Waals surface area contributed by atoms with Gasteiger partial charge in [0.2, 0.25) is 0 Å². The predicted molar refractivity (Wildman–Crippen MR) is 73.5 cm³/mol. The van der Waals surface area contributed by atoms with E-state index in [0.29, 0.717) is 0 Å². The van der Waals surface area contributed by atoms with Gasteiger partial charge in [-0.1, -0.05) is 0 Å². The molecular weight excluding hydrogens is 228 g/mol. The van der Waals surface area contributed by atoms with Gasteiger partial charge >= 0.3 is 0 Å². The lowest BCUT2D eigenvalue weighted by Gasteiger charge is -2.35. The van der Waals surface area contributed by atoms with Crippen LogP contribution >= 0.6 is 11.3 Å². The Kier molecular flexibility index (Phi) is 3.24. The molecular formula is C14H22N2S. The highest BCUT2D eigenvalue weighted by atomic mass is 32.1. The molecule has 3 heteroatoms. The van der Waals surface area contributed by atoms with Gasteiger partial charge in [-0.3, -0.25) is 4.90 Å². The number of aryl methyl sites for hydroxylation is 1. The maximum atomic E-state index is 3.72. The van der Waals surface area contributed by atoms with Crippen molar-refractivity contribution in [2.45, 2.75) is 57.3 Å². The molecule has 2 aliphatic rings. The summed E-state index contributed by atoms with van der Waals surface area (Å²) >= 11 is 1.90. The molecule has 2 fully saturated rings. The van der Waals surface area contributed by atoms with Crippen LogP contribution in [0.4, 0.5) is 0 Å². The summed E-state index contributed by atoms with van der Waals surface area (Å²) in [6.45, 7) is 3.36. The summed E-state index contributed by atoms with van der Waals surface area (Å²) in [5, 5.41) is 5.93. The van der Waals surface area contributed by atoms with Crippen molar-refractivity contribution in [2.24, 2.45) is 0 Å². The molecule has 0 aromatic carbocycles. The summed E-state index contributed by atoms with van der Waals surface area (Å²) in [6, 6.07) is 4.62. The monoisotopic (exact) mass is 250 g/mol. The van der Waals surface area contributed by atoms with Crippen molar-refractivity contribution in [3.05, 3.63) is 21.9 Å². The fourth-order valence-corrected chi connectivity index (χ4v) is 4.28. The summed E-state index contributed by atoms with van der Waals surface area (Å²) in [4.78, 5) is 4.11. The van der Waals surface area contributed by atoms with E-state index in [1.165, 1.54) is 31.2 Å². The van der Waals surface area contributed by atoms with Gasteiger partial charge in [0.15, 0.2) is 0 Å². The molecule has 0 spiro atoms. The summed E-state index contributed by atoms with van der Waals surface area (Å²) < 4.78 is 0. The first-order valence-corrected chi connectivity index (χ1v) is 7.59. The number of nitrogens with one attached hydrogen (secondary N) is 1. The van der Waals surface area contributed by atoms with Crippen LogP contribution in [0.15, 0.2) is 11.4 Å². The number of fused-ring (bicyclic) bond motifs is 2. The van der Waals surface area contributed by atoms with Gasteiger partial charge in [0.05, 0.1) is 0 Å². The van der Waals surface area contributed by atoms with Crippen molar-refractivity contribution in [3.63, 3.8) is 0 Å². The van der Waals surface area contributed by atoms with Crippen LogP contribution in [0, 0.1) is 6.92 Å². The van der Waals surface area contributed by atoms with E-state index in [1.807, 2.05) is 11.3 Å². The molecule has 17 heavy (non-hydrogen) atoms. The maximum Gasteiger partial charge on any atom is 0.0330 e. The molecule has 3 heterocycles. The van der Waals surface area contributed by atoms with Crippen LogP contribution in [-0.4, -0.2) is 30.1 Å². The number of hydrogen-bond donors (Lipinski definition) is 1. The fraction of sp³-hybridized carbons (Fsp3) is 0.714. The van der Waals surface area contributed by atoms with Gasteiger partial charge in [-0.05, 0) is 56.7 Å². The van der Waals surface area contributed by atoms with Gasteiger partial charge in [0.25, 0.3) is 0 Å². The van der Waals surface area contributed by atoms with Crippen LogP contribution in [0.2, 0.25) is 0 Å². The SMILES string of the molecule is Cc1ccsc1CN(C)C1CC2CCC(C1)N2. The Labute approximate surface area is 108 Å². The molecule has 2 saturated heterocycles. The summed E-state index contributed by atoms with van der Waals surface area (Å²) in [5.74, 6) is 0. The fourth-order valence-electron chi connectivity index (χ4n) is 3.31. The van der Waals surface area contributed by atoms with Gasteiger partial charge in [-0.2, -0.15) is 0 Å². The normalized spacial score (nSPS) is 32.3. The number of nitrogens with zero attached hydrogens (tertiary/aromatic N) is 1. The predicted octanol–water partition coefficient (Wildman–Crippen LogP) is 2.77. The zero-order chi connectivity index (χ0) is 11.8. The Balaban J connectivity index is 1.63. The molecule has 0 saturated carbocycles. The number of rotatable bonds is 3. The molecule has 2 aliphatic heterocycles. The first-order chi connectivity index (χ1) is 8.22.